The number of likely N-dealkylation sites (tertiary alicyclic amines) is 1. The second-order valence-corrected chi connectivity index (χ2v) is 10.4. The first-order valence-corrected chi connectivity index (χ1v) is 12.3. The first-order chi connectivity index (χ1) is 15.9. The number of amides is 1. The Morgan fingerprint density at radius 1 is 1.12 bits per heavy atom. The number of carbonyl (C=O) groups excluding carboxylic acids is 1. The molecule has 4 rings (SSSR count). The molecule has 1 saturated heterocycles. The Bertz CT molecular complexity index is 990. The van der Waals surface area contributed by atoms with Crippen molar-refractivity contribution in [2.75, 3.05) is 7.11 Å². The summed E-state index contributed by atoms with van der Waals surface area (Å²) in [6.07, 6.45) is 8.10. The van der Waals surface area contributed by atoms with E-state index in [1.54, 1.807) is 7.11 Å². The van der Waals surface area contributed by atoms with E-state index in [0.29, 0.717) is 13.0 Å². The van der Waals surface area contributed by atoms with Gasteiger partial charge in [0.15, 0.2) is 0 Å². The molecule has 0 bridgehead atoms. The van der Waals surface area contributed by atoms with Crippen LogP contribution in [0, 0.1) is 0 Å². The van der Waals surface area contributed by atoms with Crippen LogP contribution in [0.5, 0.6) is 5.75 Å². The number of nitrogens with one attached hydrogen (secondary N) is 1. The van der Waals surface area contributed by atoms with Gasteiger partial charge in [0, 0.05) is 18.5 Å². The predicted octanol–water partition coefficient (Wildman–Crippen LogP) is 6.27. The van der Waals surface area contributed by atoms with E-state index in [9.17, 15) is 4.79 Å². The fourth-order valence-electron chi connectivity index (χ4n) is 5.16. The average Bonchev–Trinajstić information content (AvgIpc) is 3.47. The molecule has 1 aliphatic heterocycles. The van der Waals surface area contributed by atoms with Crippen LogP contribution in [-0.4, -0.2) is 24.1 Å². The lowest BCUT2D eigenvalue weighted by Gasteiger charge is -2.32. The highest BCUT2D eigenvalue weighted by molar-refractivity contribution is 5.80. The van der Waals surface area contributed by atoms with Crippen LogP contribution in [-0.2, 0) is 16.8 Å². The van der Waals surface area contributed by atoms with Crippen LogP contribution >= 0.6 is 0 Å². The Labute approximate surface area is 199 Å². The lowest BCUT2D eigenvalue weighted by atomic mass is 9.86. The van der Waals surface area contributed by atoms with Crippen molar-refractivity contribution in [3.8, 4) is 5.75 Å². The molecular weight excluding hydrogens is 408 g/mol. The maximum atomic E-state index is 13.5. The van der Waals surface area contributed by atoms with E-state index in [1.807, 2.05) is 6.07 Å². The van der Waals surface area contributed by atoms with E-state index in [2.05, 4.69) is 79.5 Å². The van der Waals surface area contributed by atoms with Crippen molar-refractivity contribution in [1.82, 2.24) is 10.2 Å². The molecule has 1 fully saturated rings. The summed E-state index contributed by atoms with van der Waals surface area (Å²) in [6.45, 7) is 7.36. The van der Waals surface area contributed by atoms with Crippen LogP contribution in [0.3, 0.4) is 0 Å². The van der Waals surface area contributed by atoms with Crippen molar-refractivity contribution >= 4 is 5.91 Å². The van der Waals surface area contributed by atoms with Crippen molar-refractivity contribution < 1.29 is 9.53 Å². The molecule has 1 amide bonds. The summed E-state index contributed by atoms with van der Waals surface area (Å²) in [5.41, 5.74) is 5.03. The minimum Gasteiger partial charge on any atom is -0.496 e. The highest BCUT2D eigenvalue weighted by Crippen LogP contribution is 2.37. The zero-order valence-corrected chi connectivity index (χ0v) is 20.6. The van der Waals surface area contributed by atoms with Gasteiger partial charge in [-0.25, -0.2) is 0 Å². The van der Waals surface area contributed by atoms with Crippen LogP contribution in [0.15, 0.2) is 60.2 Å². The van der Waals surface area contributed by atoms with Gasteiger partial charge in [-0.05, 0) is 54.7 Å². The number of nitrogens with zero attached hydrogens (tertiary/aromatic N) is 1. The van der Waals surface area contributed by atoms with Crippen LogP contribution in [0.1, 0.15) is 82.0 Å². The average molecular weight is 447 g/mol. The normalized spacial score (nSPS) is 20.7. The molecule has 2 atom stereocenters. The van der Waals surface area contributed by atoms with E-state index in [-0.39, 0.29) is 23.5 Å². The quantitative estimate of drug-likeness (QED) is 0.510. The number of methoxy groups -OCH3 is 1. The second-order valence-electron chi connectivity index (χ2n) is 10.4. The minimum absolute atomic E-state index is 0.0210. The van der Waals surface area contributed by atoms with Gasteiger partial charge in [0.2, 0.25) is 5.91 Å². The maximum Gasteiger partial charge on any atom is 0.228 e. The zero-order valence-electron chi connectivity index (χ0n) is 20.6. The van der Waals surface area contributed by atoms with Gasteiger partial charge in [-0.2, -0.15) is 0 Å². The maximum absolute atomic E-state index is 13.5. The van der Waals surface area contributed by atoms with E-state index in [0.717, 1.165) is 37.0 Å². The number of ether oxygens (including phenoxy) is 1. The fourth-order valence-corrected chi connectivity index (χ4v) is 5.16. The first kappa shape index (κ1) is 23.6. The van der Waals surface area contributed by atoms with Gasteiger partial charge < -0.3 is 9.64 Å². The highest BCUT2D eigenvalue weighted by Gasteiger charge is 2.37. The topological polar surface area (TPSA) is 41.6 Å². The van der Waals surface area contributed by atoms with Gasteiger partial charge in [-0.1, -0.05) is 74.9 Å². The highest BCUT2D eigenvalue weighted by atomic mass is 16.5. The van der Waals surface area contributed by atoms with Crippen molar-refractivity contribution in [1.29, 1.82) is 0 Å². The molecular formula is C29H38N2O2. The monoisotopic (exact) mass is 446 g/mol. The molecule has 2 aliphatic rings. The minimum atomic E-state index is 0.0210. The Morgan fingerprint density at radius 3 is 2.58 bits per heavy atom. The van der Waals surface area contributed by atoms with Gasteiger partial charge >= 0.3 is 0 Å². The molecule has 33 heavy (non-hydrogen) atoms. The number of allylic oxidation sites excluding steroid dienone is 1. The van der Waals surface area contributed by atoms with Crippen LogP contribution < -0.4 is 10.1 Å². The summed E-state index contributed by atoms with van der Waals surface area (Å²) in [6, 6.07) is 17.1. The summed E-state index contributed by atoms with van der Waals surface area (Å²) in [5, 5.41) is 3.71. The lowest BCUT2D eigenvalue weighted by Crippen LogP contribution is -2.45. The summed E-state index contributed by atoms with van der Waals surface area (Å²) in [7, 11) is 1.72. The number of rotatable bonds is 7. The summed E-state index contributed by atoms with van der Waals surface area (Å²) >= 11 is 0. The number of carbonyl (C=O) groups is 1. The number of hydrogen-bond donors (Lipinski definition) is 1. The van der Waals surface area contributed by atoms with Crippen molar-refractivity contribution in [3.63, 3.8) is 0 Å². The van der Waals surface area contributed by atoms with Gasteiger partial charge in [0.25, 0.3) is 0 Å². The van der Waals surface area contributed by atoms with E-state index in [4.69, 9.17) is 4.74 Å². The Morgan fingerprint density at radius 2 is 1.91 bits per heavy atom. The lowest BCUT2D eigenvalue weighted by molar-refractivity contribution is -0.134. The number of benzene rings is 2. The standard InChI is InChI=1S/C29H38N2O2/c1-29(2,3)24-14-16-26(33-4)23(19-24)20-30-27-17-15-25(22-12-6-5-7-13-22)31(27)28(32)18-21-10-8-9-11-21/h5-7,10,12-14,16,19,25,27,30H,8-9,11,15,17-18,20H2,1-4H3. The third-order valence-electron chi connectivity index (χ3n) is 7.05. The smallest absolute Gasteiger partial charge is 0.228 e. The molecule has 1 aliphatic carbocycles. The molecule has 176 valence electrons. The van der Waals surface area contributed by atoms with Crippen LogP contribution in [0.2, 0.25) is 0 Å². The molecule has 1 heterocycles. The molecule has 2 unspecified atom stereocenters. The molecule has 2 aromatic rings. The zero-order chi connectivity index (χ0) is 23.4. The molecule has 0 saturated carbocycles. The Kier molecular flexibility index (Phi) is 7.23. The van der Waals surface area contributed by atoms with Gasteiger partial charge in [0.05, 0.1) is 19.3 Å². The van der Waals surface area contributed by atoms with E-state index < -0.39 is 0 Å². The Balaban J connectivity index is 1.55. The fraction of sp³-hybridized carbons (Fsp3) is 0.483. The van der Waals surface area contributed by atoms with E-state index >= 15 is 0 Å². The van der Waals surface area contributed by atoms with Crippen molar-refractivity contribution in [2.24, 2.45) is 0 Å². The first-order valence-electron chi connectivity index (χ1n) is 12.3. The molecule has 0 aromatic heterocycles. The summed E-state index contributed by atoms with van der Waals surface area (Å²) < 4.78 is 5.65. The summed E-state index contributed by atoms with van der Waals surface area (Å²) in [5.74, 6) is 1.13. The molecule has 1 N–H and O–H groups in total. The molecule has 0 spiro atoms. The van der Waals surface area contributed by atoms with Gasteiger partial charge in [0.1, 0.15) is 5.75 Å². The molecule has 2 aromatic carbocycles. The van der Waals surface area contributed by atoms with E-state index in [1.165, 1.54) is 23.1 Å². The second kappa shape index (κ2) is 10.1. The molecule has 0 radical (unpaired) electrons. The SMILES string of the molecule is COc1ccc(C(C)(C)C)cc1CNC1CCC(c2ccccc2)N1C(=O)CC1=CCCC1. The largest absolute Gasteiger partial charge is 0.496 e. The Hall–Kier alpha value is -2.59. The summed E-state index contributed by atoms with van der Waals surface area (Å²) in [4.78, 5) is 15.7. The van der Waals surface area contributed by atoms with Gasteiger partial charge in [-0.15, -0.1) is 0 Å². The van der Waals surface area contributed by atoms with Gasteiger partial charge in [-0.3, -0.25) is 10.1 Å². The molecule has 4 heteroatoms. The van der Waals surface area contributed by atoms with Crippen LogP contribution in [0.25, 0.3) is 0 Å². The number of hydrogen-bond acceptors (Lipinski definition) is 3. The van der Waals surface area contributed by atoms with Crippen molar-refractivity contribution in [2.45, 2.75) is 83.5 Å². The predicted molar refractivity (Wildman–Crippen MR) is 134 cm³/mol. The third-order valence-corrected chi connectivity index (χ3v) is 7.05. The van der Waals surface area contributed by atoms with Crippen molar-refractivity contribution in [3.05, 3.63) is 76.9 Å². The molecule has 4 nitrogen and oxygen atoms in total. The van der Waals surface area contributed by atoms with Crippen LogP contribution in [0.4, 0.5) is 0 Å². The third kappa shape index (κ3) is 5.50.